The van der Waals surface area contributed by atoms with E-state index in [9.17, 15) is 0 Å². The predicted octanol–water partition coefficient (Wildman–Crippen LogP) is 16.5. The number of rotatable bonds is 3. The fraction of sp³-hybridized carbons (Fsp3) is 0.0345. The maximum absolute atomic E-state index is 2.47. The quantitative estimate of drug-likeness (QED) is 0.157. The van der Waals surface area contributed by atoms with Crippen molar-refractivity contribution < 1.29 is 0 Å². The van der Waals surface area contributed by atoms with Gasteiger partial charge in [-0.2, -0.15) is 0 Å². The number of hydrogen-bond acceptors (Lipinski definition) is 1. The Bertz CT molecular complexity index is 3680. The summed E-state index contributed by atoms with van der Waals surface area (Å²) in [5.74, 6) is 0.271. The fourth-order valence-electron chi connectivity index (χ4n) is 10.6. The Morgan fingerprint density at radius 2 is 0.847 bits per heavy atom. The van der Waals surface area contributed by atoms with Gasteiger partial charge in [-0.05, 0) is 135 Å². The number of thiophene rings is 1. The van der Waals surface area contributed by atoms with Gasteiger partial charge in [0, 0.05) is 26.1 Å². The zero-order valence-electron chi connectivity index (χ0n) is 32.2. The molecule has 1 aliphatic carbocycles. The van der Waals surface area contributed by atoms with Crippen molar-refractivity contribution in [3.05, 3.63) is 217 Å². The van der Waals surface area contributed by atoms with Gasteiger partial charge in [-0.1, -0.05) is 176 Å². The van der Waals surface area contributed by atoms with Crippen molar-refractivity contribution in [3.63, 3.8) is 0 Å². The molecule has 0 unspecified atom stereocenters. The molecule has 1 aromatic heterocycles. The standard InChI is InChI=1S/C58H36S/c1-2-13-40-39(12-1)34-51(36-26-24-35(25-27-36)41-21-11-23-55-56(41)50-20-9-10-22-54(50)59-55)46-31-29-37(32-52(40)46)38-28-30-45-44-16-5-7-18-48(44)57-47-17-6-3-14-42(47)43-15-4-8-19-49(43)58(57)53(45)33-38/h1-33,51H,34H2/t51-/m1/s1. The SMILES string of the molecule is c1ccc2c(c1)C[C@H](c1ccc(-c3cccc4sc5ccccc5c34)cc1)c1ccc(-c3ccc4c5ccccc5c5c6ccccc6c6ccccc6c5c4c3)cc1-2. The highest BCUT2D eigenvalue weighted by atomic mass is 32.1. The average Bonchev–Trinajstić information content (AvgIpc) is 3.70. The molecule has 1 heteroatoms. The normalized spacial score (nSPS) is 13.9. The lowest BCUT2D eigenvalue weighted by atomic mass is 9.75. The zero-order chi connectivity index (χ0) is 38.6. The van der Waals surface area contributed by atoms with Crippen molar-refractivity contribution in [3.8, 4) is 33.4 Å². The Balaban J connectivity index is 0.972. The van der Waals surface area contributed by atoms with Gasteiger partial charge in [0.1, 0.15) is 0 Å². The van der Waals surface area contributed by atoms with E-state index in [1.165, 1.54) is 124 Å². The second kappa shape index (κ2) is 12.7. The summed E-state index contributed by atoms with van der Waals surface area (Å²) in [6, 6.07) is 75.4. The highest BCUT2D eigenvalue weighted by molar-refractivity contribution is 7.25. The molecule has 13 rings (SSSR count). The summed E-state index contributed by atoms with van der Waals surface area (Å²) in [6.07, 6.45) is 0.989. The first-order valence-corrected chi connectivity index (χ1v) is 21.5. The molecule has 1 atom stereocenters. The van der Waals surface area contributed by atoms with Gasteiger partial charge >= 0.3 is 0 Å². The average molecular weight is 765 g/mol. The van der Waals surface area contributed by atoms with E-state index < -0.39 is 0 Å². The van der Waals surface area contributed by atoms with Crippen LogP contribution in [-0.4, -0.2) is 0 Å². The minimum atomic E-state index is 0.271. The summed E-state index contributed by atoms with van der Waals surface area (Å²) in [7, 11) is 0. The van der Waals surface area contributed by atoms with Gasteiger partial charge in [0.2, 0.25) is 0 Å². The van der Waals surface area contributed by atoms with Crippen LogP contribution in [0, 0.1) is 0 Å². The molecule has 11 aromatic carbocycles. The Morgan fingerprint density at radius 3 is 1.58 bits per heavy atom. The van der Waals surface area contributed by atoms with E-state index in [1.54, 1.807) is 0 Å². The summed E-state index contributed by atoms with van der Waals surface area (Å²) in [4.78, 5) is 0. The maximum Gasteiger partial charge on any atom is 0.0361 e. The monoisotopic (exact) mass is 764 g/mol. The maximum atomic E-state index is 2.47. The molecule has 12 aromatic rings. The number of benzene rings is 11. The summed E-state index contributed by atoms with van der Waals surface area (Å²) < 4.78 is 2.69. The first kappa shape index (κ1) is 33.0. The van der Waals surface area contributed by atoms with Crippen molar-refractivity contribution in [1.29, 1.82) is 0 Å². The molecule has 0 saturated carbocycles. The van der Waals surface area contributed by atoms with Crippen LogP contribution in [0.3, 0.4) is 0 Å². The van der Waals surface area contributed by atoms with Crippen LogP contribution >= 0.6 is 11.3 Å². The zero-order valence-corrected chi connectivity index (χ0v) is 33.1. The highest BCUT2D eigenvalue weighted by Crippen LogP contribution is 2.48. The third-order valence-corrected chi connectivity index (χ3v) is 14.4. The molecule has 0 amide bonds. The Hall–Kier alpha value is -7.06. The smallest absolute Gasteiger partial charge is 0.0361 e. The van der Waals surface area contributed by atoms with Crippen molar-refractivity contribution in [2.75, 3.05) is 0 Å². The second-order valence-electron chi connectivity index (χ2n) is 16.3. The molecule has 0 aliphatic heterocycles. The van der Waals surface area contributed by atoms with Gasteiger partial charge in [-0.15, -0.1) is 11.3 Å². The molecule has 274 valence electrons. The van der Waals surface area contributed by atoms with Crippen LogP contribution in [0.5, 0.6) is 0 Å². The van der Waals surface area contributed by atoms with Crippen molar-refractivity contribution in [2.24, 2.45) is 0 Å². The number of hydrogen-bond donors (Lipinski definition) is 0. The van der Waals surface area contributed by atoms with Gasteiger partial charge in [-0.3, -0.25) is 0 Å². The highest BCUT2D eigenvalue weighted by Gasteiger charge is 2.27. The molecular weight excluding hydrogens is 729 g/mol. The van der Waals surface area contributed by atoms with Crippen LogP contribution in [0.2, 0.25) is 0 Å². The van der Waals surface area contributed by atoms with Crippen LogP contribution < -0.4 is 0 Å². The van der Waals surface area contributed by atoms with Crippen LogP contribution in [0.4, 0.5) is 0 Å². The Kier molecular flexibility index (Phi) is 7.11. The predicted molar refractivity (Wildman–Crippen MR) is 255 cm³/mol. The summed E-state index contributed by atoms with van der Waals surface area (Å²) in [6.45, 7) is 0. The molecular formula is C58H36S. The molecule has 0 nitrogen and oxygen atoms in total. The Labute approximate surface area is 346 Å². The van der Waals surface area contributed by atoms with Gasteiger partial charge in [0.25, 0.3) is 0 Å². The lowest BCUT2D eigenvalue weighted by Gasteiger charge is -2.29. The van der Waals surface area contributed by atoms with Crippen LogP contribution in [-0.2, 0) is 6.42 Å². The van der Waals surface area contributed by atoms with Crippen molar-refractivity contribution in [1.82, 2.24) is 0 Å². The van der Waals surface area contributed by atoms with E-state index in [0.29, 0.717) is 0 Å². The van der Waals surface area contributed by atoms with Gasteiger partial charge < -0.3 is 0 Å². The lowest BCUT2D eigenvalue weighted by molar-refractivity contribution is 0.794. The third kappa shape index (κ3) is 4.89. The third-order valence-electron chi connectivity index (χ3n) is 13.2. The van der Waals surface area contributed by atoms with Gasteiger partial charge in [0.15, 0.2) is 0 Å². The van der Waals surface area contributed by atoms with Gasteiger partial charge in [-0.25, -0.2) is 0 Å². The molecule has 1 heterocycles. The fourth-order valence-corrected chi connectivity index (χ4v) is 11.7. The molecule has 0 N–H and O–H groups in total. The van der Waals surface area contributed by atoms with Crippen molar-refractivity contribution >= 4 is 85.4 Å². The number of fused-ring (bicyclic) bond motifs is 17. The van der Waals surface area contributed by atoms with E-state index in [-0.39, 0.29) is 5.92 Å². The van der Waals surface area contributed by atoms with E-state index in [4.69, 9.17) is 0 Å². The summed E-state index contributed by atoms with van der Waals surface area (Å²) in [5, 5.41) is 15.8. The minimum absolute atomic E-state index is 0.271. The van der Waals surface area contributed by atoms with E-state index in [1.807, 2.05) is 11.3 Å². The Morgan fingerprint density at radius 1 is 0.322 bits per heavy atom. The van der Waals surface area contributed by atoms with Crippen LogP contribution in [0.15, 0.2) is 200 Å². The first-order valence-electron chi connectivity index (χ1n) is 20.7. The van der Waals surface area contributed by atoms with E-state index in [0.717, 1.165) is 6.42 Å². The van der Waals surface area contributed by atoms with Gasteiger partial charge in [0.05, 0.1) is 0 Å². The van der Waals surface area contributed by atoms with E-state index >= 15 is 0 Å². The van der Waals surface area contributed by atoms with Crippen LogP contribution in [0.25, 0.3) is 107 Å². The minimum Gasteiger partial charge on any atom is -0.135 e. The first-order chi connectivity index (χ1) is 29.3. The second-order valence-corrected chi connectivity index (χ2v) is 17.3. The molecule has 0 bridgehead atoms. The molecule has 1 aliphatic rings. The largest absolute Gasteiger partial charge is 0.135 e. The molecule has 0 radical (unpaired) electrons. The summed E-state index contributed by atoms with van der Waals surface area (Å²) in [5.41, 5.74) is 11.9. The molecule has 59 heavy (non-hydrogen) atoms. The molecule has 0 fully saturated rings. The van der Waals surface area contributed by atoms with Crippen molar-refractivity contribution in [2.45, 2.75) is 12.3 Å². The van der Waals surface area contributed by atoms with Crippen LogP contribution in [0.1, 0.15) is 22.6 Å². The molecule has 0 saturated heterocycles. The summed E-state index contributed by atoms with van der Waals surface area (Å²) >= 11 is 1.88. The topological polar surface area (TPSA) is 0 Å². The van der Waals surface area contributed by atoms with E-state index in [2.05, 4.69) is 200 Å². The lowest BCUT2D eigenvalue weighted by Crippen LogP contribution is -2.12. The molecule has 0 spiro atoms.